The van der Waals surface area contributed by atoms with E-state index in [2.05, 4.69) is 11.8 Å². The van der Waals surface area contributed by atoms with Crippen molar-refractivity contribution in [3.05, 3.63) is 69.1 Å². The minimum Gasteiger partial charge on any atom is -0.384 e. The molecule has 0 unspecified atom stereocenters. The maximum Gasteiger partial charge on any atom is 0.182 e. The highest BCUT2D eigenvalue weighted by atomic mass is 35.5. The Morgan fingerprint density at radius 1 is 1.21 bits per heavy atom. The van der Waals surface area contributed by atoms with Crippen molar-refractivity contribution in [2.45, 2.75) is 6.54 Å². The van der Waals surface area contributed by atoms with Gasteiger partial charge < -0.3 is 9.67 Å². The van der Waals surface area contributed by atoms with Gasteiger partial charge in [-0.1, -0.05) is 29.7 Å². The van der Waals surface area contributed by atoms with E-state index in [0.717, 1.165) is 5.56 Å². The van der Waals surface area contributed by atoms with E-state index in [1.54, 1.807) is 6.20 Å². The molecule has 1 N–H and O–H groups in total. The number of pyridine rings is 1. The third-order valence-corrected chi connectivity index (χ3v) is 2.82. The minimum absolute atomic E-state index is 0.102. The van der Waals surface area contributed by atoms with Gasteiger partial charge >= 0.3 is 0 Å². The van der Waals surface area contributed by atoms with E-state index < -0.39 is 0 Å². The third-order valence-electron chi connectivity index (χ3n) is 2.57. The Balaban J connectivity index is 2.33. The first-order valence-electron chi connectivity index (χ1n) is 5.74. The van der Waals surface area contributed by atoms with Crippen LogP contribution >= 0.6 is 11.6 Å². The third kappa shape index (κ3) is 3.72. The summed E-state index contributed by atoms with van der Waals surface area (Å²) in [5.41, 5.74) is 1.53. The summed E-state index contributed by atoms with van der Waals surface area (Å²) in [6.07, 6.45) is 1.69. The van der Waals surface area contributed by atoms with Crippen LogP contribution in [-0.4, -0.2) is 16.3 Å². The maximum atomic E-state index is 11.3. The van der Waals surface area contributed by atoms with Gasteiger partial charge in [0.05, 0.1) is 5.69 Å². The van der Waals surface area contributed by atoms with Gasteiger partial charge in [0.25, 0.3) is 0 Å². The van der Waals surface area contributed by atoms with E-state index in [0.29, 0.717) is 17.3 Å². The molecule has 0 saturated carbocycles. The Kier molecular flexibility index (Phi) is 4.40. The van der Waals surface area contributed by atoms with E-state index >= 15 is 0 Å². The van der Waals surface area contributed by atoms with Gasteiger partial charge in [-0.05, 0) is 23.6 Å². The topological polar surface area (TPSA) is 42.2 Å². The molecule has 0 fully saturated rings. The second kappa shape index (κ2) is 6.24. The first-order chi connectivity index (χ1) is 9.19. The number of aliphatic hydroxyl groups is 1. The fourth-order valence-corrected chi connectivity index (χ4v) is 1.80. The van der Waals surface area contributed by atoms with Crippen LogP contribution in [0.4, 0.5) is 0 Å². The van der Waals surface area contributed by atoms with Gasteiger partial charge in [0.2, 0.25) is 0 Å². The average Bonchev–Trinajstić information content (AvgIpc) is 2.41. The molecule has 4 heteroatoms. The molecule has 0 aliphatic heterocycles. The van der Waals surface area contributed by atoms with Crippen LogP contribution in [0.2, 0.25) is 5.02 Å². The lowest BCUT2D eigenvalue weighted by Crippen LogP contribution is -2.10. The Labute approximate surface area is 116 Å². The quantitative estimate of drug-likeness (QED) is 0.849. The zero-order valence-electron chi connectivity index (χ0n) is 10.1. The van der Waals surface area contributed by atoms with Crippen molar-refractivity contribution in [3.63, 3.8) is 0 Å². The second-order valence-electron chi connectivity index (χ2n) is 3.96. The number of hydrogen-bond acceptors (Lipinski definition) is 2. The summed E-state index contributed by atoms with van der Waals surface area (Å²) in [7, 11) is 0. The van der Waals surface area contributed by atoms with Crippen LogP contribution in [0.25, 0.3) is 0 Å². The van der Waals surface area contributed by atoms with Crippen LogP contribution in [0.1, 0.15) is 11.3 Å². The molecule has 0 atom stereocenters. The molecule has 0 aliphatic carbocycles. The zero-order chi connectivity index (χ0) is 13.7. The monoisotopic (exact) mass is 273 g/mol. The molecule has 1 aromatic carbocycles. The van der Waals surface area contributed by atoms with Gasteiger partial charge in [-0.25, -0.2) is 0 Å². The lowest BCUT2D eigenvalue weighted by Gasteiger charge is -2.09. The molecule has 1 heterocycles. The molecule has 19 heavy (non-hydrogen) atoms. The molecular formula is C15H12ClNO2. The van der Waals surface area contributed by atoms with E-state index in [9.17, 15) is 4.79 Å². The Morgan fingerprint density at radius 3 is 2.63 bits per heavy atom. The number of hydrogen-bond donors (Lipinski definition) is 1. The highest BCUT2D eigenvalue weighted by Gasteiger charge is 2.00. The Morgan fingerprint density at radius 2 is 1.95 bits per heavy atom. The van der Waals surface area contributed by atoms with Gasteiger partial charge in [0.15, 0.2) is 5.43 Å². The molecule has 3 nitrogen and oxygen atoms in total. The minimum atomic E-state index is -0.232. The largest absolute Gasteiger partial charge is 0.384 e. The van der Waals surface area contributed by atoms with Crippen molar-refractivity contribution in [2.24, 2.45) is 0 Å². The fourth-order valence-electron chi connectivity index (χ4n) is 1.67. The number of aliphatic hydroxyl groups excluding tert-OH is 1. The lowest BCUT2D eigenvalue weighted by atomic mass is 10.2. The molecule has 2 aromatic rings. The fraction of sp³-hybridized carbons (Fsp3) is 0.133. The summed E-state index contributed by atoms with van der Waals surface area (Å²) in [5, 5.41) is 9.42. The zero-order valence-corrected chi connectivity index (χ0v) is 10.9. The molecular weight excluding hydrogens is 262 g/mol. The average molecular weight is 274 g/mol. The molecule has 0 radical (unpaired) electrons. The first-order valence-corrected chi connectivity index (χ1v) is 6.11. The second-order valence-corrected chi connectivity index (χ2v) is 4.40. The highest BCUT2D eigenvalue weighted by Crippen LogP contribution is 2.11. The van der Waals surface area contributed by atoms with Crippen LogP contribution in [0.15, 0.2) is 47.4 Å². The van der Waals surface area contributed by atoms with Crippen molar-refractivity contribution >= 4 is 11.6 Å². The van der Waals surface area contributed by atoms with Crippen molar-refractivity contribution < 1.29 is 5.11 Å². The van der Waals surface area contributed by atoms with Gasteiger partial charge in [0, 0.05) is 29.9 Å². The molecule has 0 amide bonds. The summed E-state index contributed by atoms with van der Waals surface area (Å²) < 4.78 is 1.85. The standard InChI is InChI=1S/C15H12ClNO2/c16-13-5-3-12(4-6-13)11-17-8-7-15(19)10-14(17)2-1-9-18/h3-8,10,18H,9,11H2. The molecule has 96 valence electrons. The van der Waals surface area contributed by atoms with Gasteiger partial charge in [-0.2, -0.15) is 0 Å². The van der Waals surface area contributed by atoms with Crippen LogP contribution < -0.4 is 5.43 Å². The van der Waals surface area contributed by atoms with E-state index in [-0.39, 0.29) is 12.0 Å². The van der Waals surface area contributed by atoms with Crippen molar-refractivity contribution in [1.29, 1.82) is 0 Å². The summed E-state index contributed by atoms with van der Waals surface area (Å²) in [5.74, 6) is 5.32. The molecule has 2 rings (SSSR count). The molecule has 0 spiro atoms. The van der Waals surface area contributed by atoms with E-state index in [1.165, 1.54) is 12.1 Å². The predicted octanol–water partition coefficient (Wildman–Crippen LogP) is 1.89. The first kappa shape index (κ1) is 13.4. The molecule has 0 bridgehead atoms. The normalized spacial score (nSPS) is 9.79. The van der Waals surface area contributed by atoms with Crippen LogP contribution in [-0.2, 0) is 6.54 Å². The maximum absolute atomic E-state index is 11.3. The number of halogens is 1. The molecule has 0 saturated heterocycles. The SMILES string of the molecule is O=c1ccn(Cc2ccc(Cl)cc2)c(C#CCO)c1. The van der Waals surface area contributed by atoms with Gasteiger partial charge in [0.1, 0.15) is 6.61 Å². The molecule has 0 aliphatic rings. The number of aromatic nitrogens is 1. The summed E-state index contributed by atoms with van der Waals surface area (Å²) in [6, 6.07) is 10.4. The van der Waals surface area contributed by atoms with E-state index in [1.807, 2.05) is 28.8 Å². The van der Waals surface area contributed by atoms with Crippen LogP contribution in [0.3, 0.4) is 0 Å². The predicted molar refractivity (Wildman–Crippen MR) is 75.2 cm³/mol. The highest BCUT2D eigenvalue weighted by molar-refractivity contribution is 6.30. The van der Waals surface area contributed by atoms with Gasteiger partial charge in [-0.15, -0.1) is 0 Å². The smallest absolute Gasteiger partial charge is 0.182 e. The Bertz CT molecular complexity index is 678. The van der Waals surface area contributed by atoms with Crippen LogP contribution in [0, 0.1) is 11.8 Å². The number of nitrogens with zero attached hydrogens (tertiary/aromatic N) is 1. The lowest BCUT2D eigenvalue weighted by molar-refractivity contribution is 0.350. The van der Waals surface area contributed by atoms with Crippen molar-refractivity contribution in [1.82, 2.24) is 4.57 Å². The molecule has 1 aromatic heterocycles. The number of benzene rings is 1. The van der Waals surface area contributed by atoms with Crippen molar-refractivity contribution in [2.75, 3.05) is 6.61 Å². The van der Waals surface area contributed by atoms with Crippen molar-refractivity contribution in [3.8, 4) is 11.8 Å². The van der Waals surface area contributed by atoms with E-state index in [4.69, 9.17) is 16.7 Å². The Hall–Kier alpha value is -2.02. The summed E-state index contributed by atoms with van der Waals surface area (Å²) >= 11 is 5.84. The summed E-state index contributed by atoms with van der Waals surface area (Å²) in [4.78, 5) is 11.3. The number of rotatable bonds is 2. The summed E-state index contributed by atoms with van der Waals surface area (Å²) in [6.45, 7) is 0.358. The van der Waals surface area contributed by atoms with Crippen LogP contribution in [0.5, 0.6) is 0 Å². The van der Waals surface area contributed by atoms with Gasteiger partial charge in [-0.3, -0.25) is 4.79 Å².